The van der Waals surface area contributed by atoms with Crippen LogP contribution in [0.15, 0.2) is 24.3 Å². The van der Waals surface area contributed by atoms with Crippen molar-refractivity contribution >= 4 is 11.7 Å². The monoisotopic (exact) mass is 207 g/mol. The molecule has 0 aliphatic carbocycles. The van der Waals surface area contributed by atoms with Crippen molar-refractivity contribution in [2.45, 2.75) is 0 Å². The van der Waals surface area contributed by atoms with E-state index in [0.717, 1.165) is 18.8 Å². The zero-order valence-electron chi connectivity index (χ0n) is 8.26. The van der Waals surface area contributed by atoms with Crippen LogP contribution in [0.4, 0.5) is 5.69 Å². The highest BCUT2D eigenvalue weighted by Gasteiger charge is 2.28. The second kappa shape index (κ2) is 3.90. The topological polar surface area (TPSA) is 60.8 Å². The number of anilines is 1. The van der Waals surface area contributed by atoms with Crippen LogP contribution >= 0.6 is 0 Å². The molecule has 1 heterocycles. The number of nitrogens with zero attached hydrogens (tertiary/aromatic N) is 1. The van der Waals surface area contributed by atoms with Gasteiger partial charge in [-0.05, 0) is 12.1 Å². The standard InChI is InChI=1S/C11H13NO3/c13-7-8-5-12(6-8)10-4-2-1-3-9(10)11(14)15/h1-4,8,13H,5-7H2,(H,14,15). The average molecular weight is 207 g/mol. The highest BCUT2D eigenvalue weighted by Crippen LogP contribution is 2.27. The summed E-state index contributed by atoms with van der Waals surface area (Å²) in [6.07, 6.45) is 0. The van der Waals surface area contributed by atoms with Gasteiger partial charge in [0.1, 0.15) is 0 Å². The van der Waals surface area contributed by atoms with Crippen molar-refractivity contribution in [1.29, 1.82) is 0 Å². The van der Waals surface area contributed by atoms with E-state index in [0.29, 0.717) is 5.56 Å². The number of aliphatic hydroxyl groups is 1. The van der Waals surface area contributed by atoms with Crippen LogP contribution in [0, 0.1) is 5.92 Å². The number of para-hydroxylation sites is 1. The lowest BCUT2D eigenvalue weighted by Gasteiger charge is -2.40. The maximum atomic E-state index is 10.9. The fourth-order valence-corrected chi connectivity index (χ4v) is 1.81. The number of hydrogen-bond donors (Lipinski definition) is 2. The average Bonchev–Trinajstić information content (AvgIpc) is 2.16. The maximum absolute atomic E-state index is 10.9. The molecule has 1 saturated heterocycles. The summed E-state index contributed by atoms with van der Waals surface area (Å²) in [5.74, 6) is -0.620. The molecule has 0 aromatic heterocycles. The quantitative estimate of drug-likeness (QED) is 0.770. The molecule has 1 aromatic carbocycles. The van der Waals surface area contributed by atoms with E-state index in [-0.39, 0.29) is 12.5 Å². The molecule has 4 heteroatoms. The minimum Gasteiger partial charge on any atom is -0.478 e. The fraction of sp³-hybridized carbons (Fsp3) is 0.364. The van der Waals surface area contributed by atoms with Crippen LogP contribution in [0.25, 0.3) is 0 Å². The summed E-state index contributed by atoms with van der Waals surface area (Å²) in [4.78, 5) is 12.9. The number of rotatable bonds is 3. The van der Waals surface area contributed by atoms with E-state index >= 15 is 0 Å². The van der Waals surface area contributed by atoms with Crippen molar-refractivity contribution in [2.75, 3.05) is 24.6 Å². The summed E-state index contributed by atoms with van der Waals surface area (Å²) in [6, 6.07) is 6.95. The van der Waals surface area contributed by atoms with Crippen molar-refractivity contribution in [3.63, 3.8) is 0 Å². The van der Waals surface area contributed by atoms with E-state index in [1.807, 2.05) is 11.0 Å². The first kappa shape index (κ1) is 9.98. The van der Waals surface area contributed by atoms with Crippen LogP contribution < -0.4 is 4.90 Å². The van der Waals surface area contributed by atoms with Gasteiger partial charge < -0.3 is 15.1 Å². The first-order valence-electron chi connectivity index (χ1n) is 4.90. The van der Waals surface area contributed by atoms with Crippen LogP contribution in [0.1, 0.15) is 10.4 Å². The number of hydrogen-bond acceptors (Lipinski definition) is 3. The van der Waals surface area contributed by atoms with Crippen molar-refractivity contribution in [2.24, 2.45) is 5.92 Å². The van der Waals surface area contributed by atoms with Gasteiger partial charge in [0.15, 0.2) is 0 Å². The van der Waals surface area contributed by atoms with Gasteiger partial charge in [-0.15, -0.1) is 0 Å². The summed E-state index contributed by atoms with van der Waals surface area (Å²) in [6.45, 7) is 1.65. The molecule has 0 radical (unpaired) electrons. The van der Waals surface area contributed by atoms with Crippen LogP contribution in [0.2, 0.25) is 0 Å². The fourth-order valence-electron chi connectivity index (χ4n) is 1.81. The van der Waals surface area contributed by atoms with E-state index in [9.17, 15) is 4.79 Å². The molecule has 0 spiro atoms. The molecular weight excluding hydrogens is 194 g/mol. The van der Waals surface area contributed by atoms with Gasteiger partial charge in [0, 0.05) is 25.6 Å². The Morgan fingerprint density at radius 2 is 2.07 bits per heavy atom. The molecule has 1 fully saturated rings. The molecule has 80 valence electrons. The summed E-state index contributed by atoms with van der Waals surface area (Å²) in [7, 11) is 0. The first-order valence-corrected chi connectivity index (χ1v) is 4.90. The Morgan fingerprint density at radius 3 is 2.67 bits per heavy atom. The van der Waals surface area contributed by atoms with E-state index in [1.165, 1.54) is 0 Å². The van der Waals surface area contributed by atoms with Gasteiger partial charge in [-0.2, -0.15) is 0 Å². The third-order valence-electron chi connectivity index (χ3n) is 2.69. The lowest BCUT2D eigenvalue weighted by Crippen LogP contribution is -2.48. The number of carboxylic acids is 1. The Balaban J connectivity index is 2.18. The van der Waals surface area contributed by atoms with Crippen molar-refractivity contribution < 1.29 is 15.0 Å². The van der Waals surface area contributed by atoms with E-state index in [4.69, 9.17) is 10.2 Å². The van der Waals surface area contributed by atoms with Gasteiger partial charge >= 0.3 is 5.97 Å². The third kappa shape index (κ3) is 1.80. The number of carboxylic acid groups (broad SMARTS) is 1. The largest absolute Gasteiger partial charge is 0.478 e. The molecule has 1 aliphatic rings. The van der Waals surface area contributed by atoms with Gasteiger partial charge in [0.05, 0.1) is 11.3 Å². The predicted octanol–water partition coefficient (Wildman–Crippen LogP) is 0.813. The van der Waals surface area contributed by atoms with Gasteiger partial charge in [0.2, 0.25) is 0 Å². The molecule has 2 N–H and O–H groups in total. The minimum atomic E-state index is -0.905. The van der Waals surface area contributed by atoms with E-state index in [2.05, 4.69) is 0 Å². The third-order valence-corrected chi connectivity index (χ3v) is 2.69. The highest BCUT2D eigenvalue weighted by atomic mass is 16.4. The molecular formula is C11H13NO3. The van der Waals surface area contributed by atoms with Crippen molar-refractivity contribution in [3.05, 3.63) is 29.8 Å². The highest BCUT2D eigenvalue weighted by molar-refractivity contribution is 5.94. The second-order valence-corrected chi connectivity index (χ2v) is 3.78. The van der Waals surface area contributed by atoms with Crippen LogP contribution in [0.3, 0.4) is 0 Å². The summed E-state index contributed by atoms with van der Waals surface area (Å²) in [5.41, 5.74) is 1.07. The Kier molecular flexibility index (Phi) is 2.60. The summed E-state index contributed by atoms with van der Waals surface area (Å²) in [5, 5.41) is 17.9. The van der Waals surface area contributed by atoms with Gasteiger partial charge in [-0.25, -0.2) is 4.79 Å². The number of aliphatic hydroxyl groups excluding tert-OH is 1. The van der Waals surface area contributed by atoms with Gasteiger partial charge in [-0.1, -0.05) is 12.1 Å². The van der Waals surface area contributed by atoms with E-state index in [1.54, 1.807) is 18.2 Å². The molecule has 2 rings (SSSR count). The van der Waals surface area contributed by atoms with E-state index < -0.39 is 5.97 Å². The second-order valence-electron chi connectivity index (χ2n) is 3.78. The SMILES string of the molecule is O=C(O)c1ccccc1N1CC(CO)C1. The van der Waals surface area contributed by atoms with Crippen molar-refractivity contribution in [3.8, 4) is 0 Å². The Bertz CT molecular complexity index is 372. The predicted molar refractivity (Wildman–Crippen MR) is 56.2 cm³/mol. The minimum absolute atomic E-state index is 0.172. The molecule has 0 atom stereocenters. The molecule has 0 unspecified atom stereocenters. The zero-order valence-corrected chi connectivity index (χ0v) is 8.26. The Hall–Kier alpha value is -1.55. The molecule has 0 bridgehead atoms. The normalized spacial score (nSPS) is 16.2. The maximum Gasteiger partial charge on any atom is 0.337 e. The molecule has 0 saturated carbocycles. The number of benzene rings is 1. The van der Waals surface area contributed by atoms with Crippen molar-refractivity contribution in [1.82, 2.24) is 0 Å². The smallest absolute Gasteiger partial charge is 0.337 e. The Labute approximate surface area is 87.8 Å². The molecule has 1 aromatic rings. The number of aromatic carboxylic acids is 1. The molecule has 1 aliphatic heterocycles. The lowest BCUT2D eigenvalue weighted by atomic mass is 9.99. The zero-order chi connectivity index (χ0) is 10.8. The first-order chi connectivity index (χ1) is 7.22. The van der Waals surface area contributed by atoms with Crippen LogP contribution in [0.5, 0.6) is 0 Å². The molecule has 15 heavy (non-hydrogen) atoms. The Morgan fingerprint density at radius 1 is 1.40 bits per heavy atom. The molecule has 0 amide bonds. The van der Waals surface area contributed by atoms with Gasteiger partial charge in [-0.3, -0.25) is 0 Å². The summed E-state index contributed by atoms with van der Waals surface area (Å²) < 4.78 is 0. The summed E-state index contributed by atoms with van der Waals surface area (Å²) >= 11 is 0. The van der Waals surface area contributed by atoms with Crippen LogP contribution in [-0.4, -0.2) is 35.9 Å². The van der Waals surface area contributed by atoms with Crippen LogP contribution in [-0.2, 0) is 0 Å². The van der Waals surface area contributed by atoms with Gasteiger partial charge in [0.25, 0.3) is 0 Å². The molecule has 4 nitrogen and oxygen atoms in total. The number of carbonyl (C=O) groups is 1. The lowest BCUT2D eigenvalue weighted by molar-refractivity contribution is 0.0697.